The van der Waals surface area contributed by atoms with Gasteiger partial charge in [0.05, 0.1) is 25.2 Å². The Labute approximate surface area is 172 Å². The van der Waals surface area contributed by atoms with Gasteiger partial charge < -0.3 is 14.8 Å². The van der Waals surface area contributed by atoms with E-state index in [4.69, 9.17) is 9.47 Å². The van der Waals surface area contributed by atoms with Crippen LogP contribution < -0.4 is 19.1 Å². The number of nitrogens with one attached hydrogen (secondary N) is 1. The molecule has 1 N–H and O–H groups in total. The fourth-order valence-electron chi connectivity index (χ4n) is 2.91. The summed E-state index contributed by atoms with van der Waals surface area (Å²) in [6, 6.07) is 13.1. The van der Waals surface area contributed by atoms with Gasteiger partial charge in [0.2, 0.25) is 15.9 Å². The van der Waals surface area contributed by atoms with Gasteiger partial charge in [0, 0.05) is 6.54 Å². The lowest BCUT2D eigenvalue weighted by Gasteiger charge is -2.28. The average molecular weight is 421 g/mol. The lowest BCUT2D eigenvalue weighted by Crippen LogP contribution is -2.47. The molecule has 0 radical (unpaired) electrons. The fourth-order valence-corrected chi connectivity index (χ4v) is 4.09. The number of rotatable bonds is 10. The molecule has 0 aliphatic heterocycles. The van der Waals surface area contributed by atoms with E-state index in [0.29, 0.717) is 24.7 Å². The normalized spacial score (nSPS) is 12.1. The van der Waals surface area contributed by atoms with Crippen molar-refractivity contribution in [2.75, 3.05) is 23.8 Å². The van der Waals surface area contributed by atoms with Gasteiger partial charge in [0.25, 0.3) is 0 Å². The van der Waals surface area contributed by atoms with Crippen LogP contribution >= 0.6 is 0 Å². The number of benzene rings is 2. The first-order valence-electron chi connectivity index (χ1n) is 9.48. The van der Waals surface area contributed by atoms with Crippen LogP contribution in [-0.4, -0.2) is 39.8 Å². The molecule has 158 valence electrons. The number of ether oxygens (including phenoxy) is 2. The molecule has 2 aromatic rings. The van der Waals surface area contributed by atoms with Gasteiger partial charge in [-0.05, 0) is 62.7 Å². The van der Waals surface area contributed by atoms with Crippen LogP contribution in [0.4, 0.5) is 5.69 Å². The van der Waals surface area contributed by atoms with E-state index in [1.54, 1.807) is 31.2 Å². The van der Waals surface area contributed by atoms with E-state index in [2.05, 4.69) is 5.32 Å². The SMILES string of the molecule is CCOc1ccc(N([C@H](C)C(=O)NCc2cccc(OCC)c2)S(C)(=O)=O)cc1. The number of anilines is 1. The molecule has 0 aliphatic rings. The molecule has 0 spiro atoms. The maximum atomic E-state index is 12.7. The highest BCUT2D eigenvalue weighted by atomic mass is 32.2. The van der Waals surface area contributed by atoms with Gasteiger partial charge in [-0.3, -0.25) is 9.10 Å². The molecule has 2 rings (SSSR count). The third kappa shape index (κ3) is 6.39. The van der Waals surface area contributed by atoms with Crippen LogP contribution in [0.25, 0.3) is 0 Å². The standard InChI is InChI=1S/C21H28N2O5S/c1-5-27-19-12-10-18(11-13-19)23(29(4,25)26)16(3)21(24)22-15-17-8-7-9-20(14-17)28-6-2/h7-14,16H,5-6,15H2,1-4H3,(H,22,24)/t16-/m1/s1. The van der Waals surface area contributed by atoms with Crippen LogP contribution in [0.2, 0.25) is 0 Å². The summed E-state index contributed by atoms with van der Waals surface area (Å²) in [5.74, 6) is 0.960. The molecule has 0 fully saturated rings. The van der Waals surface area contributed by atoms with Crippen LogP contribution in [0.5, 0.6) is 11.5 Å². The van der Waals surface area contributed by atoms with Crippen molar-refractivity contribution in [2.45, 2.75) is 33.4 Å². The summed E-state index contributed by atoms with van der Waals surface area (Å²) in [5.41, 5.74) is 1.26. The third-order valence-corrected chi connectivity index (χ3v) is 5.41. The second-order valence-electron chi connectivity index (χ2n) is 6.46. The van der Waals surface area contributed by atoms with Crippen molar-refractivity contribution in [3.05, 3.63) is 54.1 Å². The highest BCUT2D eigenvalue weighted by Gasteiger charge is 2.29. The second kappa shape index (κ2) is 10.2. The van der Waals surface area contributed by atoms with Gasteiger partial charge in [0.15, 0.2) is 0 Å². The first-order valence-corrected chi connectivity index (χ1v) is 11.3. The average Bonchev–Trinajstić information content (AvgIpc) is 2.67. The van der Waals surface area contributed by atoms with Crippen molar-refractivity contribution in [1.82, 2.24) is 5.32 Å². The molecule has 0 heterocycles. The lowest BCUT2D eigenvalue weighted by molar-refractivity contribution is -0.122. The molecule has 0 saturated heterocycles. The monoisotopic (exact) mass is 420 g/mol. The third-order valence-electron chi connectivity index (χ3n) is 4.17. The second-order valence-corrected chi connectivity index (χ2v) is 8.32. The Bertz CT molecular complexity index is 913. The molecule has 0 unspecified atom stereocenters. The van der Waals surface area contributed by atoms with Crippen LogP contribution in [0, 0.1) is 0 Å². The predicted molar refractivity (Wildman–Crippen MR) is 114 cm³/mol. The van der Waals surface area contributed by atoms with E-state index in [-0.39, 0.29) is 6.54 Å². The number of hydrogen-bond acceptors (Lipinski definition) is 5. The Morgan fingerprint density at radius 2 is 1.66 bits per heavy atom. The Balaban J connectivity index is 2.13. The minimum atomic E-state index is -3.67. The van der Waals surface area contributed by atoms with Gasteiger partial charge in [-0.15, -0.1) is 0 Å². The summed E-state index contributed by atoms with van der Waals surface area (Å²) in [7, 11) is -3.67. The van der Waals surface area contributed by atoms with Crippen molar-refractivity contribution in [2.24, 2.45) is 0 Å². The molecule has 1 amide bonds. The maximum absolute atomic E-state index is 12.7. The lowest BCUT2D eigenvalue weighted by atomic mass is 10.2. The Morgan fingerprint density at radius 1 is 1.03 bits per heavy atom. The predicted octanol–water partition coefficient (Wildman–Crippen LogP) is 2.95. The zero-order chi connectivity index (χ0) is 21.4. The van der Waals surface area contributed by atoms with E-state index < -0.39 is 22.0 Å². The van der Waals surface area contributed by atoms with E-state index in [9.17, 15) is 13.2 Å². The molecule has 0 saturated carbocycles. The van der Waals surface area contributed by atoms with E-state index in [1.165, 1.54) is 0 Å². The van der Waals surface area contributed by atoms with Crippen LogP contribution in [0.15, 0.2) is 48.5 Å². The van der Waals surface area contributed by atoms with Crippen molar-refractivity contribution in [3.63, 3.8) is 0 Å². The fraction of sp³-hybridized carbons (Fsp3) is 0.381. The summed E-state index contributed by atoms with van der Waals surface area (Å²) in [4.78, 5) is 12.7. The Morgan fingerprint density at radius 3 is 2.24 bits per heavy atom. The van der Waals surface area contributed by atoms with Crippen molar-refractivity contribution >= 4 is 21.6 Å². The zero-order valence-electron chi connectivity index (χ0n) is 17.2. The topological polar surface area (TPSA) is 84.9 Å². The molecule has 0 aromatic heterocycles. The summed E-state index contributed by atoms with van der Waals surface area (Å²) < 4.78 is 36.7. The number of sulfonamides is 1. The molecular weight excluding hydrogens is 392 g/mol. The summed E-state index contributed by atoms with van der Waals surface area (Å²) in [6.07, 6.45) is 1.08. The number of amides is 1. The smallest absolute Gasteiger partial charge is 0.243 e. The minimum Gasteiger partial charge on any atom is -0.494 e. The molecule has 7 nitrogen and oxygen atoms in total. The molecule has 1 atom stereocenters. The molecule has 2 aromatic carbocycles. The van der Waals surface area contributed by atoms with E-state index in [1.807, 2.05) is 38.1 Å². The van der Waals surface area contributed by atoms with Gasteiger partial charge in [-0.1, -0.05) is 12.1 Å². The first kappa shape index (κ1) is 22.5. The van der Waals surface area contributed by atoms with Gasteiger partial charge in [-0.25, -0.2) is 8.42 Å². The summed E-state index contributed by atoms with van der Waals surface area (Å²) in [6.45, 7) is 6.66. The highest BCUT2D eigenvalue weighted by Crippen LogP contribution is 2.24. The summed E-state index contributed by atoms with van der Waals surface area (Å²) in [5, 5.41) is 2.80. The zero-order valence-corrected chi connectivity index (χ0v) is 18.0. The Hall–Kier alpha value is -2.74. The number of carbonyl (C=O) groups excluding carboxylic acids is 1. The largest absolute Gasteiger partial charge is 0.494 e. The van der Waals surface area contributed by atoms with Crippen molar-refractivity contribution in [3.8, 4) is 11.5 Å². The number of hydrogen-bond donors (Lipinski definition) is 1. The first-order chi connectivity index (χ1) is 13.8. The van der Waals surface area contributed by atoms with Gasteiger partial charge >= 0.3 is 0 Å². The molecule has 8 heteroatoms. The quantitative estimate of drug-likeness (QED) is 0.639. The molecule has 0 bridgehead atoms. The van der Waals surface area contributed by atoms with E-state index in [0.717, 1.165) is 21.9 Å². The van der Waals surface area contributed by atoms with Crippen molar-refractivity contribution in [1.29, 1.82) is 0 Å². The molecule has 29 heavy (non-hydrogen) atoms. The van der Waals surface area contributed by atoms with Crippen LogP contribution in [0.1, 0.15) is 26.3 Å². The molecular formula is C21H28N2O5S. The number of nitrogens with zero attached hydrogens (tertiary/aromatic N) is 1. The molecule has 0 aliphatic carbocycles. The minimum absolute atomic E-state index is 0.269. The van der Waals surface area contributed by atoms with Crippen LogP contribution in [-0.2, 0) is 21.4 Å². The maximum Gasteiger partial charge on any atom is 0.243 e. The van der Waals surface area contributed by atoms with E-state index >= 15 is 0 Å². The Kier molecular flexibility index (Phi) is 7.90. The van der Waals surface area contributed by atoms with Crippen molar-refractivity contribution < 1.29 is 22.7 Å². The van der Waals surface area contributed by atoms with Crippen LogP contribution in [0.3, 0.4) is 0 Å². The highest BCUT2D eigenvalue weighted by molar-refractivity contribution is 7.92. The van der Waals surface area contributed by atoms with Gasteiger partial charge in [-0.2, -0.15) is 0 Å². The van der Waals surface area contributed by atoms with Gasteiger partial charge in [0.1, 0.15) is 17.5 Å². The number of carbonyl (C=O) groups is 1. The summed E-state index contributed by atoms with van der Waals surface area (Å²) >= 11 is 0.